The molecule has 6 nitrogen and oxygen atoms in total. The van der Waals surface area contributed by atoms with Gasteiger partial charge in [0.1, 0.15) is 10.6 Å². The smallest absolute Gasteiger partial charge is 0.265 e. The summed E-state index contributed by atoms with van der Waals surface area (Å²) in [6.07, 6.45) is -0.0973. The number of rotatable bonds is 6. The van der Waals surface area contributed by atoms with E-state index in [9.17, 15) is 13.2 Å². The highest BCUT2D eigenvalue weighted by Gasteiger charge is 2.31. The number of ether oxygens (including phenoxy) is 1. The van der Waals surface area contributed by atoms with Crippen molar-refractivity contribution < 1.29 is 17.9 Å². The van der Waals surface area contributed by atoms with Crippen LogP contribution in [0, 0.1) is 5.92 Å². The molecule has 0 spiro atoms. The number of carbonyl (C=O) groups is 1. The molecule has 1 aliphatic heterocycles. The highest BCUT2D eigenvalue weighted by Crippen LogP contribution is 2.38. The van der Waals surface area contributed by atoms with Crippen LogP contribution in [0.1, 0.15) is 45.6 Å². The largest absolute Gasteiger partial charge is 0.478 e. The van der Waals surface area contributed by atoms with Gasteiger partial charge in [-0.05, 0) is 57.9 Å². The number of fused-ring (bicyclic) bond motifs is 1. The van der Waals surface area contributed by atoms with Gasteiger partial charge in [0.2, 0.25) is 0 Å². The fraction of sp³-hybridized carbons (Fsp3) is 0.381. The van der Waals surface area contributed by atoms with Gasteiger partial charge in [0.15, 0.2) is 6.10 Å². The second kappa shape index (κ2) is 8.36. The molecule has 0 saturated carbocycles. The minimum absolute atomic E-state index is 0.0450. The molecular weight excluding hydrogens is 456 g/mol. The van der Waals surface area contributed by atoms with Crippen molar-refractivity contribution in [2.24, 2.45) is 5.92 Å². The van der Waals surface area contributed by atoms with Crippen LogP contribution in [-0.2, 0) is 14.8 Å². The molecule has 2 aromatic rings. The van der Waals surface area contributed by atoms with E-state index in [2.05, 4.69) is 39.8 Å². The lowest BCUT2D eigenvalue weighted by Crippen LogP contribution is -2.38. The molecule has 156 valence electrons. The molecule has 1 atom stereocenters. The summed E-state index contributed by atoms with van der Waals surface area (Å²) in [5, 5.41) is 2.79. The lowest BCUT2D eigenvalue weighted by molar-refractivity contribution is -0.124. The Morgan fingerprint density at radius 2 is 1.79 bits per heavy atom. The van der Waals surface area contributed by atoms with Crippen LogP contribution in [0.25, 0.3) is 0 Å². The van der Waals surface area contributed by atoms with Crippen LogP contribution in [0.5, 0.6) is 5.75 Å². The molecular formula is C21H25BrN2O4S. The fourth-order valence-corrected chi connectivity index (χ4v) is 5.20. The number of sulfonamides is 1. The van der Waals surface area contributed by atoms with Crippen molar-refractivity contribution in [2.75, 3.05) is 10.0 Å². The summed E-state index contributed by atoms with van der Waals surface area (Å²) in [4.78, 5) is 12.3. The standard InChI is InChI=1S/C21H25BrN2O4S/c1-12(2)9-19-21(25)23-17-10-16(22)20(11-18(17)28-19)29(26,27)24-15-7-5-14(6-8-15)13(3)4/h5-8,10-13,19,24H,9H2,1-4H3,(H,23,25). The molecule has 0 bridgehead atoms. The number of halogens is 1. The molecule has 1 heterocycles. The van der Waals surface area contributed by atoms with Gasteiger partial charge in [-0.25, -0.2) is 8.42 Å². The Balaban J connectivity index is 1.89. The third-order valence-electron chi connectivity index (χ3n) is 4.66. The lowest BCUT2D eigenvalue weighted by Gasteiger charge is -2.27. The van der Waals surface area contributed by atoms with Crippen molar-refractivity contribution in [2.45, 2.75) is 51.0 Å². The van der Waals surface area contributed by atoms with E-state index in [-0.39, 0.29) is 16.7 Å². The van der Waals surface area contributed by atoms with Crippen molar-refractivity contribution in [1.82, 2.24) is 0 Å². The molecule has 0 radical (unpaired) electrons. The maximum absolute atomic E-state index is 13.0. The molecule has 29 heavy (non-hydrogen) atoms. The van der Waals surface area contributed by atoms with E-state index in [1.54, 1.807) is 18.2 Å². The topological polar surface area (TPSA) is 84.5 Å². The van der Waals surface area contributed by atoms with E-state index in [1.165, 1.54) is 6.07 Å². The normalized spacial score (nSPS) is 16.4. The summed E-state index contributed by atoms with van der Waals surface area (Å²) in [6, 6.07) is 10.3. The van der Waals surface area contributed by atoms with Crippen LogP contribution in [-0.4, -0.2) is 20.4 Å². The van der Waals surface area contributed by atoms with Gasteiger partial charge in [-0.2, -0.15) is 0 Å². The average molecular weight is 481 g/mol. The first-order valence-electron chi connectivity index (χ1n) is 9.50. The fourth-order valence-electron chi connectivity index (χ4n) is 3.09. The lowest BCUT2D eigenvalue weighted by atomic mass is 10.0. The van der Waals surface area contributed by atoms with Crippen molar-refractivity contribution in [3.05, 3.63) is 46.4 Å². The Morgan fingerprint density at radius 1 is 1.14 bits per heavy atom. The molecule has 0 aliphatic carbocycles. The van der Waals surface area contributed by atoms with Crippen LogP contribution < -0.4 is 14.8 Å². The number of carbonyl (C=O) groups excluding carboxylic acids is 1. The predicted molar refractivity (Wildman–Crippen MR) is 118 cm³/mol. The van der Waals surface area contributed by atoms with E-state index >= 15 is 0 Å². The highest BCUT2D eigenvalue weighted by molar-refractivity contribution is 9.10. The van der Waals surface area contributed by atoms with Crippen molar-refractivity contribution in [1.29, 1.82) is 0 Å². The van der Waals surface area contributed by atoms with E-state index < -0.39 is 16.1 Å². The number of anilines is 2. The number of hydrogen-bond donors (Lipinski definition) is 2. The molecule has 3 rings (SSSR count). The van der Waals surface area contributed by atoms with Gasteiger partial charge < -0.3 is 10.1 Å². The first-order valence-corrected chi connectivity index (χ1v) is 11.8. The predicted octanol–water partition coefficient (Wildman–Crippen LogP) is 5.12. The molecule has 0 aromatic heterocycles. The van der Waals surface area contributed by atoms with E-state index in [0.717, 1.165) is 5.56 Å². The van der Waals surface area contributed by atoms with E-state index in [0.29, 0.717) is 33.9 Å². The molecule has 0 fully saturated rings. The van der Waals surface area contributed by atoms with Crippen molar-refractivity contribution in [3.8, 4) is 5.75 Å². The zero-order chi connectivity index (χ0) is 21.3. The Labute approximate surface area is 180 Å². The third kappa shape index (κ3) is 4.93. The van der Waals surface area contributed by atoms with Crippen LogP contribution in [0.15, 0.2) is 45.8 Å². The number of nitrogens with one attached hydrogen (secondary N) is 2. The van der Waals surface area contributed by atoms with E-state index in [4.69, 9.17) is 4.74 Å². The molecule has 8 heteroatoms. The Hall–Kier alpha value is -2.06. The van der Waals surface area contributed by atoms with Crippen LogP contribution >= 0.6 is 15.9 Å². The summed E-state index contributed by atoms with van der Waals surface area (Å²) >= 11 is 3.30. The van der Waals surface area contributed by atoms with Gasteiger partial charge in [-0.3, -0.25) is 9.52 Å². The Kier molecular flexibility index (Phi) is 6.24. The van der Waals surface area contributed by atoms with Gasteiger partial charge in [0, 0.05) is 16.2 Å². The zero-order valence-electron chi connectivity index (χ0n) is 16.8. The molecule has 2 N–H and O–H groups in total. The van der Waals surface area contributed by atoms with Gasteiger partial charge in [-0.1, -0.05) is 39.8 Å². The first kappa shape index (κ1) is 21.6. The van der Waals surface area contributed by atoms with Crippen LogP contribution in [0.4, 0.5) is 11.4 Å². The van der Waals surface area contributed by atoms with Crippen molar-refractivity contribution in [3.63, 3.8) is 0 Å². The van der Waals surface area contributed by atoms with Gasteiger partial charge in [0.25, 0.3) is 15.9 Å². The molecule has 2 aromatic carbocycles. The quantitative estimate of drug-likeness (QED) is 0.600. The minimum Gasteiger partial charge on any atom is -0.478 e. The number of hydrogen-bond acceptors (Lipinski definition) is 4. The molecule has 0 saturated heterocycles. The van der Waals surface area contributed by atoms with Gasteiger partial charge in [0.05, 0.1) is 5.69 Å². The average Bonchev–Trinajstić information content (AvgIpc) is 2.62. The second-order valence-electron chi connectivity index (χ2n) is 7.89. The van der Waals surface area contributed by atoms with Crippen LogP contribution in [0.2, 0.25) is 0 Å². The van der Waals surface area contributed by atoms with Gasteiger partial charge in [-0.15, -0.1) is 0 Å². The third-order valence-corrected chi connectivity index (χ3v) is 7.00. The summed E-state index contributed by atoms with van der Waals surface area (Å²) < 4.78 is 34.7. The monoisotopic (exact) mass is 480 g/mol. The summed E-state index contributed by atoms with van der Waals surface area (Å²) in [5.74, 6) is 0.745. The van der Waals surface area contributed by atoms with Crippen molar-refractivity contribution >= 4 is 43.2 Å². The summed E-state index contributed by atoms with van der Waals surface area (Å²) in [5.41, 5.74) is 2.05. The molecule has 1 unspecified atom stereocenters. The maximum atomic E-state index is 13.0. The Bertz CT molecular complexity index is 1020. The Morgan fingerprint density at radius 3 is 2.38 bits per heavy atom. The number of benzene rings is 2. The highest BCUT2D eigenvalue weighted by atomic mass is 79.9. The minimum atomic E-state index is -3.85. The van der Waals surface area contributed by atoms with Crippen LogP contribution in [0.3, 0.4) is 0 Å². The van der Waals surface area contributed by atoms with Gasteiger partial charge >= 0.3 is 0 Å². The first-order chi connectivity index (χ1) is 13.6. The van der Waals surface area contributed by atoms with E-state index in [1.807, 2.05) is 26.0 Å². The zero-order valence-corrected chi connectivity index (χ0v) is 19.2. The second-order valence-corrected chi connectivity index (χ2v) is 10.4. The SMILES string of the molecule is CC(C)CC1Oc2cc(S(=O)(=O)Nc3ccc(C(C)C)cc3)c(Br)cc2NC1=O. The number of amides is 1. The molecule has 1 aliphatic rings. The summed E-state index contributed by atoms with van der Waals surface area (Å²) in [6.45, 7) is 8.15. The summed E-state index contributed by atoms with van der Waals surface area (Å²) in [7, 11) is -3.85. The maximum Gasteiger partial charge on any atom is 0.265 e. The molecule has 1 amide bonds.